The average molecular weight is 586 g/mol. The number of benzene rings is 3. The lowest BCUT2D eigenvalue weighted by Gasteiger charge is -2.12. The lowest BCUT2D eigenvalue weighted by molar-refractivity contribution is 0.102. The Morgan fingerprint density at radius 1 is 0.692 bits per heavy atom. The van der Waals surface area contributed by atoms with Gasteiger partial charge in [-0.25, -0.2) is 31.5 Å². The largest absolute Gasteiger partial charge is 0.322 e. The quantitative estimate of drug-likeness (QED) is 0.266. The second-order valence-electron chi connectivity index (χ2n) is 8.67. The summed E-state index contributed by atoms with van der Waals surface area (Å²) < 4.78 is 55.7. The molecule has 0 aliphatic carbocycles. The molecule has 13 heteroatoms. The molecule has 0 aliphatic rings. The van der Waals surface area contributed by atoms with Crippen LogP contribution < -0.4 is 14.8 Å². The lowest BCUT2D eigenvalue weighted by atomic mass is 10.2. The molecular weight excluding hydrogens is 562 g/mol. The van der Waals surface area contributed by atoms with Crippen LogP contribution in [0.25, 0.3) is 0 Å². The Hall–Kier alpha value is -4.00. The van der Waals surface area contributed by atoms with Crippen molar-refractivity contribution >= 4 is 54.9 Å². The summed E-state index contributed by atoms with van der Waals surface area (Å²) in [5.41, 5.74) is 2.60. The molecule has 0 saturated heterocycles. The van der Waals surface area contributed by atoms with Crippen LogP contribution in [0.1, 0.15) is 27.3 Å². The van der Waals surface area contributed by atoms with Gasteiger partial charge in [0.15, 0.2) is 0 Å². The average Bonchev–Trinajstić information content (AvgIpc) is 2.84. The van der Waals surface area contributed by atoms with E-state index in [1.807, 2.05) is 6.92 Å². The Kier molecular flexibility index (Phi) is 7.91. The number of nitrogens with one attached hydrogen (secondary N) is 3. The number of anilines is 3. The van der Waals surface area contributed by atoms with Gasteiger partial charge in [-0.1, -0.05) is 29.3 Å². The van der Waals surface area contributed by atoms with E-state index in [4.69, 9.17) is 11.6 Å². The second-order valence-corrected chi connectivity index (χ2v) is 12.4. The molecule has 1 aromatic heterocycles. The zero-order valence-electron chi connectivity index (χ0n) is 21.1. The molecule has 0 spiro atoms. The molecule has 0 aliphatic heterocycles. The molecule has 10 nitrogen and oxygen atoms in total. The number of amides is 1. The summed E-state index contributed by atoms with van der Waals surface area (Å²) >= 11 is 6.21. The van der Waals surface area contributed by atoms with E-state index >= 15 is 0 Å². The molecule has 0 unspecified atom stereocenters. The van der Waals surface area contributed by atoms with Gasteiger partial charge in [-0.3, -0.25) is 9.52 Å². The molecule has 39 heavy (non-hydrogen) atoms. The number of aryl methyl sites for hydroxylation is 3. The van der Waals surface area contributed by atoms with E-state index in [0.717, 1.165) is 5.56 Å². The van der Waals surface area contributed by atoms with Crippen molar-refractivity contribution in [3.8, 4) is 0 Å². The molecule has 0 atom stereocenters. The van der Waals surface area contributed by atoms with Gasteiger partial charge in [0.1, 0.15) is 0 Å². The minimum absolute atomic E-state index is 0.0195. The van der Waals surface area contributed by atoms with Crippen LogP contribution in [0, 0.1) is 20.8 Å². The number of halogens is 1. The molecule has 3 aromatic carbocycles. The third-order valence-electron chi connectivity index (χ3n) is 5.42. The maximum atomic E-state index is 12.9. The van der Waals surface area contributed by atoms with Gasteiger partial charge in [0.2, 0.25) is 5.95 Å². The number of rotatable bonds is 8. The Bertz CT molecular complexity index is 1740. The van der Waals surface area contributed by atoms with E-state index in [1.165, 1.54) is 54.6 Å². The van der Waals surface area contributed by atoms with Crippen LogP contribution in [-0.2, 0) is 20.0 Å². The number of sulfonamides is 2. The number of hydrogen-bond donors (Lipinski definition) is 3. The number of aromatic nitrogens is 2. The summed E-state index contributed by atoms with van der Waals surface area (Å²) in [6.07, 6.45) is 0. The highest BCUT2D eigenvalue weighted by molar-refractivity contribution is 7.93. The minimum Gasteiger partial charge on any atom is -0.322 e. The first-order chi connectivity index (χ1) is 18.3. The summed E-state index contributed by atoms with van der Waals surface area (Å²) in [6.45, 7) is 5.30. The number of carbonyl (C=O) groups is 1. The molecule has 3 N–H and O–H groups in total. The van der Waals surface area contributed by atoms with Crippen LogP contribution in [0.3, 0.4) is 0 Å². The summed E-state index contributed by atoms with van der Waals surface area (Å²) in [6, 6.07) is 17.6. The Morgan fingerprint density at radius 2 is 1.21 bits per heavy atom. The molecule has 0 bridgehead atoms. The van der Waals surface area contributed by atoms with Crippen molar-refractivity contribution in [2.24, 2.45) is 0 Å². The van der Waals surface area contributed by atoms with Gasteiger partial charge in [0.25, 0.3) is 26.0 Å². The third-order valence-corrected chi connectivity index (χ3v) is 8.50. The molecule has 4 rings (SSSR count). The molecule has 0 fully saturated rings. The van der Waals surface area contributed by atoms with Gasteiger partial charge in [-0.05, 0) is 81.4 Å². The van der Waals surface area contributed by atoms with Gasteiger partial charge >= 0.3 is 0 Å². The van der Waals surface area contributed by atoms with Gasteiger partial charge in [-0.2, -0.15) is 0 Å². The summed E-state index contributed by atoms with van der Waals surface area (Å²) in [5, 5.41) is 2.73. The first-order valence-corrected chi connectivity index (χ1v) is 14.8. The van der Waals surface area contributed by atoms with E-state index in [2.05, 4.69) is 24.7 Å². The third kappa shape index (κ3) is 6.91. The summed E-state index contributed by atoms with van der Waals surface area (Å²) in [4.78, 5) is 21.1. The van der Waals surface area contributed by atoms with Crippen molar-refractivity contribution in [2.45, 2.75) is 30.6 Å². The number of carbonyl (C=O) groups excluding carboxylic acids is 1. The van der Waals surface area contributed by atoms with Crippen LogP contribution in [0.5, 0.6) is 0 Å². The van der Waals surface area contributed by atoms with Crippen LogP contribution in [0.2, 0.25) is 5.02 Å². The molecule has 4 aromatic rings. The van der Waals surface area contributed by atoms with Crippen molar-refractivity contribution in [1.29, 1.82) is 0 Å². The van der Waals surface area contributed by atoms with Crippen molar-refractivity contribution in [1.82, 2.24) is 9.97 Å². The van der Waals surface area contributed by atoms with Crippen LogP contribution in [0.15, 0.2) is 82.6 Å². The fourth-order valence-corrected chi connectivity index (χ4v) is 5.76. The van der Waals surface area contributed by atoms with Crippen LogP contribution >= 0.6 is 11.6 Å². The fourth-order valence-electron chi connectivity index (χ4n) is 3.56. The van der Waals surface area contributed by atoms with Crippen molar-refractivity contribution in [2.75, 3.05) is 14.8 Å². The first-order valence-electron chi connectivity index (χ1n) is 11.5. The highest BCUT2D eigenvalue weighted by Crippen LogP contribution is 2.25. The highest BCUT2D eigenvalue weighted by atomic mass is 35.5. The maximum absolute atomic E-state index is 12.9. The Morgan fingerprint density at radius 3 is 1.79 bits per heavy atom. The molecule has 0 radical (unpaired) electrons. The first kappa shape index (κ1) is 28.0. The monoisotopic (exact) mass is 585 g/mol. The Balaban J connectivity index is 1.48. The van der Waals surface area contributed by atoms with Crippen molar-refractivity contribution < 1.29 is 21.6 Å². The van der Waals surface area contributed by atoms with Gasteiger partial charge in [0.05, 0.1) is 20.4 Å². The van der Waals surface area contributed by atoms with Gasteiger partial charge < -0.3 is 5.32 Å². The van der Waals surface area contributed by atoms with E-state index in [-0.39, 0.29) is 32.0 Å². The van der Waals surface area contributed by atoms with E-state index < -0.39 is 26.0 Å². The maximum Gasteiger partial charge on any atom is 0.264 e. The molecule has 0 saturated carbocycles. The fraction of sp³-hybridized carbons (Fsp3) is 0.115. The standard InChI is InChI=1S/C26H24ClN5O5S2/c1-16-4-9-21(10-5-16)38(34,35)31-20-8-13-24(27)23(15-20)25(33)30-19-6-11-22(12-7-19)39(36,37)32-26-28-17(2)14-18(3)29-26/h4-15,31H,1-3H3,(H,30,33)(H,28,29,32). The topological polar surface area (TPSA) is 147 Å². The number of hydrogen-bond acceptors (Lipinski definition) is 7. The molecule has 202 valence electrons. The van der Waals surface area contributed by atoms with E-state index in [9.17, 15) is 21.6 Å². The molecule has 1 heterocycles. The van der Waals surface area contributed by atoms with Crippen molar-refractivity contribution in [3.05, 3.63) is 100 Å². The second kappa shape index (κ2) is 11.0. The minimum atomic E-state index is -3.97. The zero-order chi connectivity index (χ0) is 28.4. The SMILES string of the molecule is Cc1ccc(S(=O)(=O)Nc2ccc(Cl)c(C(=O)Nc3ccc(S(=O)(=O)Nc4nc(C)cc(C)n4)cc3)c2)cc1. The highest BCUT2D eigenvalue weighted by Gasteiger charge is 2.19. The van der Waals surface area contributed by atoms with Gasteiger partial charge in [-0.15, -0.1) is 0 Å². The predicted octanol–water partition coefficient (Wildman–Crippen LogP) is 4.91. The van der Waals surface area contributed by atoms with Crippen LogP contribution in [0.4, 0.5) is 17.3 Å². The van der Waals surface area contributed by atoms with E-state index in [0.29, 0.717) is 17.1 Å². The molecule has 1 amide bonds. The number of nitrogens with zero attached hydrogens (tertiary/aromatic N) is 2. The zero-order valence-corrected chi connectivity index (χ0v) is 23.4. The van der Waals surface area contributed by atoms with E-state index in [1.54, 1.807) is 32.0 Å². The molecular formula is C26H24ClN5O5S2. The Labute approximate surface area is 231 Å². The predicted molar refractivity (Wildman–Crippen MR) is 150 cm³/mol. The van der Waals surface area contributed by atoms with Crippen molar-refractivity contribution in [3.63, 3.8) is 0 Å². The normalized spacial score (nSPS) is 11.6. The van der Waals surface area contributed by atoms with Crippen LogP contribution in [-0.4, -0.2) is 32.7 Å². The smallest absolute Gasteiger partial charge is 0.264 e. The lowest BCUT2D eigenvalue weighted by Crippen LogP contribution is -2.17. The summed E-state index contributed by atoms with van der Waals surface area (Å²) in [5.74, 6) is -0.661. The summed E-state index contributed by atoms with van der Waals surface area (Å²) in [7, 11) is -7.86. The van der Waals surface area contributed by atoms with Gasteiger partial charge in [0, 0.05) is 22.8 Å².